The van der Waals surface area contributed by atoms with Crippen molar-refractivity contribution in [2.24, 2.45) is 11.7 Å². The second-order valence-corrected chi connectivity index (χ2v) is 7.58. The van der Waals surface area contributed by atoms with Crippen molar-refractivity contribution >= 4 is 17.6 Å². The molecule has 1 aliphatic heterocycles. The Morgan fingerprint density at radius 2 is 1.91 bits per heavy atom. The fourth-order valence-corrected chi connectivity index (χ4v) is 3.80. The molecule has 2 amide bonds. The van der Waals surface area contributed by atoms with Gasteiger partial charge in [-0.1, -0.05) is 13.0 Å². The highest BCUT2D eigenvalue weighted by atomic mass is 19.4. The van der Waals surface area contributed by atoms with E-state index in [1.807, 2.05) is 0 Å². The lowest BCUT2D eigenvalue weighted by Gasteiger charge is -2.32. The number of methoxy groups -OCH3 is 1. The van der Waals surface area contributed by atoms with Crippen LogP contribution in [0.25, 0.3) is 0 Å². The zero-order chi connectivity index (χ0) is 24.7. The van der Waals surface area contributed by atoms with Crippen molar-refractivity contribution in [1.29, 1.82) is 0 Å². The van der Waals surface area contributed by atoms with Gasteiger partial charge < -0.3 is 20.5 Å². The summed E-state index contributed by atoms with van der Waals surface area (Å²) in [6.45, 7) is 1.95. The number of nitrogens with zero attached hydrogens (tertiary/aromatic N) is 2. The molecule has 2 heterocycles. The molecule has 8 nitrogen and oxygen atoms in total. The first kappa shape index (κ1) is 24.3. The number of ether oxygens (including phenoxy) is 2. The van der Waals surface area contributed by atoms with Crippen LogP contribution in [0.5, 0.6) is 5.75 Å². The van der Waals surface area contributed by atoms with Crippen LogP contribution in [0, 0.1) is 17.6 Å². The number of nitrogens with two attached hydrogens (primary N) is 1. The third-order valence-corrected chi connectivity index (χ3v) is 5.74. The molecule has 1 aromatic heterocycles. The summed E-state index contributed by atoms with van der Waals surface area (Å²) < 4.78 is 80.0. The molecule has 1 aromatic carbocycles. The van der Waals surface area contributed by atoms with Gasteiger partial charge in [-0.3, -0.25) is 9.59 Å². The van der Waals surface area contributed by atoms with E-state index in [0.29, 0.717) is 0 Å². The van der Waals surface area contributed by atoms with Gasteiger partial charge in [0.25, 0.3) is 11.8 Å². The molecule has 0 radical (unpaired) electrons. The van der Waals surface area contributed by atoms with Gasteiger partial charge in [0.15, 0.2) is 17.2 Å². The lowest BCUT2D eigenvalue weighted by Crippen LogP contribution is -2.47. The molecular formula is C20H19F5N4O4. The van der Waals surface area contributed by atoms with E-state index >= 15 is 0 Å². The van der Waals surface area contributed by atoms with Crippen molar-refractivity contribution < 1.29 is 41.0 Å². The van der Waals surface area contributed by atoms with Crippen molar-refractivity contribution in [1.82, 2.24) is 9.97 Å². The predicted octanol–water partition coefficient (Wildman–Crippen LogP) is 2.94. The van der Waals surface area contributed by atoms with Crippen LogP contribution >= 0.6 is 0 Å². The minimum absolute atomic E-state index is 0.183. The van der Waals surface area contributed by atoms with Gasteiger partial charge in [0.2, 0.25) is 5.82 Å². The summed E-state index contributed by atoms with van der Waals surface area (Å²) in [5.41, 5.74) is 1.88. The molecule has 0 unspecified atom stereocenters. The Labute approximate surface area is 184 Å². The molecule has 178 valence electrons. The average Bonchev–Trinajstić information content (AvgIpc) is 3.02. The molecule has 0 saturated carbocycles. The Kier molecular flexibility index (Phi) is 6.29. The molecule has 0 aliphatic carbocycles. The molecule has 3 N–H and O–H groups in total. The summed E-state index contributed by atoms with van der Waals surface area (Å²) in [7, 11) is 1.02. The summed E-state index contributed by atoms with van der Waals surface area (Å²) in [5, 5.41) is 2.25. The third kappa shape index (κ3) is 4.19. The van der Waals surface area contributed by atoms with Crippen molar-refractivity contribution in [3.63, 3.8) is 0 Å². The van der Waals surface area contributed by atoms with E-state index in [-0.39, 0.29) is 17.1 Å². The fourth-order valence-electron chi connectivity index (χ4n) is 3.80. The fraction of sp³-hybridized carbons (Fsp3) is 0.400. The number of rotatable bonds is 5. The van der Waals surface area contributed by atoms with E-state index in [1.54, 1.807) is 0 Å². The molecule has 4 atom stereocenters. The Hall–Kier alpha value is -3.35. The Morgan fingerprint density at radius 3 is 2.48 bits per heavy atom. The van der Waals surface area contributed by atoms with Crippen LogP contribution < -0.4 is 15.8 Å². The number of hydrogen-bond donors (Lipinski definition) is 2. The van der Waals surface area contributed by atoms with E-state index in [4.69, 9.17) is 15.2 Å². The lowest BCUT2D eigenvalue weighted by molar-refractivity contribution is -0.272. The zero-order valence-corrected chi connectivity index (χ0v) is 17.5. The molecule has 1 aliphatic rings. The molecule has 0 spiro atoms. The number of halogens is 5. The quantitative estimate of drug-likeness (QED) is 0.644. The van der Waals surface area contributed by atoms with Crippen LogP contribution in [0.3, 0.4) is 0 Å². The van der Waals surface area contributed by atoms with Crippen molar-refractivity contribution in [2.45, 2.75) is 37.6 Å². The maximum atomic E-state index is 14.3. The molecule has 1 saturated heterocycles. The SMILES string of the molecule is COc1c([C@@H]2[C@H](C(=O)Nc3cc(C(N)=O)ncn3)O[C@@](C)(C(F)(F)F)[C@H]2C)ccc(F)c1F. The summed E-state index contributed by atoms with van der Waals surface area (Å²) in [6.07, 6.45) is -5.79. The number of amides is 2. The maximum absolute atomic E-state index is 14.3. The minimum Gasteiger partial charge on any atom is -0.493 e. The monoisotopic (exact) mass is 474 g/mol. The van der Waals surface area contributed by atoms with E-state index in [1.165, 1.54) is 6.92 Å². The summed E-state index contributed by atoms with van der Waals surface area (Å²) in [6, 6.07) is 2.79. The summed E-state index contributed by atoms with van der Waals surface area (Å²) >= 11 is 0. The first-order chi connectivity index (χ1) is 15.3. The van der Waals surface area contributed by atoms with Crippen molar-refractivity contribution in [2.75, 3.05) is 12.4 Å². The van der Waals surface area contributed by atoms with E-state index in [0.717, 1.165) is 38.6 Å². The largest absolute Gasteiger partial charge is 0.493 e. The van der Waals surface area contributed by atoms with Gasteiger partial charge in [-0.15, -0.1) is 0 Å². The highest BCUT2D eigenvalue weighted by Crippen LogP contribution is 2.54. The summed E-state index contributed by atoms with van der Waals surface area (Å²) in [5.74, 6) is -8.36. The predicted molar refractivity (Wildman–Crippen MR) is 103 cm³/mol. The number of primary amides is 1. The first-order valence-corrected chi connectivity index (χ1v) is 9.51. The molecule has 33 heavy (non-hydrogen) atoms. The third-order valence-electron chi connectivity index (χ3n) is 5.74. The number of nitrogens with one attached hydrogen (secondary N) is 1. The number of anilines is 1. The topological polar surface area (TPSA) is 116 Å². The zero-order valence-electron chi connectivity index (χ0n) is 17.5. The molecule has 1 fully saturated rings. The molecule has 2 aromatic rings. The molecule has 0 bridgehead atoms. The van der Waals surface area contributed by atoms with Crippen LogP contribution in [-0.4, -0.2) is 46.8 Å². The smallest absolute Gasteiger partial charge is 0.417 e. The van der Waals surface area contributed by atoms with E-state index in [9.17, 15) is 31.5 Å². The highest BCUT2D eigenvalue weighted by molar-refractivity contribution is 5.96. The van der Waals surface area contributed by atoms with Gasteiger partial charge in [-0.2, -0.15) is 17.6 Å². The maximum Gasteiger partial charge on any atom is 0.417 e. The highest BCUT2D eigenvalue weighted by Gasteiger charge is 2.65. The minimum atomic E-state index is -4.90. The van der Waals surface area contributed by atoms with Gasteiger partial charge in [0.05, 0.1) is 7.11 Å². The molecule has 13 heteroatoms. The van der Waals surface area contributed by atoms with Gasteiger partial charge >= 0.3 is 6.18 Å². The van der Waals surface area contributed by atoms with Gasteiger partial charge in [0, 0.05) is 23.5 Å². The normalized spacial score (nSPS) is 25.0. The second-order valence-electron chi connectivity index (χ2n) is 7.58. The lowest BCUT2D eigenvalue weighted by atomic mass is 9.77. The number of benzene rings is 1. The van der Waals surface area contributed by atoms with Crippen LogP contribution in [0.1, 0.15) is 35.8 Å². The van der Waals surface area contributed by atoms with Crippen LogP contribution in [-0.2, 0) is 9.53 Å². The van der Waals surface area contributed by atoms with Crippen molar-refractivity contribution in [3.05, 3.63) is 47.4 Å². The Bertz CT molecular complexity index is 1100. The van der Waals surface area contributed by atoms with Crippen LogP contribution in [0.15, 0.2) is 24.5 Å². The number of carbonyl (C=O) groups excluding carboxylic acids is 2. The average molecular weight is 474 g/mol. The van der Waals surface area contributed by atoms with Gasteiger partial charge in [0.1, 0.15) is 23.9 Å². The van der Waals surface area contributed by atoms with E-state index < -0.39 is 58.9 Å². The first-order valence-electron chi connectivity index (χ1n) is 9.51. The van der Waals surface area contributed by atoms with Gasteiger partial charge in [-0.05, 0) is 13.0 Å². The number of hydrogen-bond acceptors (Lipinski definition) is 6. The molecular weight excluding hydrogens is 455 g/mol. The second kappa shape index (κ2) is 8.54. The van der Waals surface area contributed by atoms with Crippen LogP contribution in [0.2, 0.25) is 0 Å². The van der Waals surface area contributed by atoms with Crippen molar-refractivity contribution in [3.8, 4) is 5.75 Å². The Balaban J connectivity index is 2.07. The van der Waals surface area contributed by atoms with Gasteiger partial charge in [-0.25, -0.2) is 14.4 Å². The standard InChI is InChI=1S/C20H19F5N4O4/c1-8-13(9-4-5-10(21)14(22)15(9)32-3)16(33-19(8,2)20(23,24)25)18(31)29-12-6-11(17(26)30)27-7-28-12/h4-8,13,16H,1-3H3,(H2,26,30)(H,27,28,29,31)/t8-,13+,16+,19+/m0/s1. The summed E-state index contributed by atoms with van der Waals surface area (Å²) in [4.78, 5) is 31.6. The number of carbonyl (C=O) groups is 2. The van der Waals surface area contributed by atoms with E-state index in [2.05, 4.69) is 15.3 Å². The number of alkyl halides is 3. The number of aromatic nitrogens is 2. The Morgan fingerprint density at radius 1 is 1.24 bits per heavy atom. The van der Waals surface area contributed by atoms with Crippen LogP contribution in [0.4, 0.5) is 27.8 Å². The molecule has 3 rings (SSSR count).